The maximum Gasteiger partial charge on any atom is 0.223 e. The van der Waals surface area contributed by atoms with E-state index in [0.29, 0.717) is 18.9 Å². The van der Waals surface area contributed by atoms with Gasteiger partial charge in [0.2, 0.25) is 5.91 Å². The van der Waals surface area contributed by atoms with Crippen molar-refractivity contribution in [2.45, 2.75) is 53.5 Å². The first-order chi connectivity index (χ1) is 16.3. The Bertz CT molecular complexity index is 872. The van der Waals surface area contributed by atoms with Crippen LogP contribution >= 0.6 is 0 Å². The Kier molecular flexibility index (Phi) is 9.97. The fourth-order valence-electron chi connectivity index (χ4n) is 4.70. The minimum absolute atomic E-state index is 0.226. The number of benzene rings is 2. The van der Waals surface area contributed by atoms with Crippen LogP contribution in [0.25, 0.3) is 0 Å². The van der Waals surface area contributed by atoms with Crippen molar-refractivity contribution in [3.05, 3.63) is 60.2 Å². The van der Waals surface area contributed by atoms with E-state index in [1.165, 1.54) is 0 Å². The monoisotopic (exact) mass is 466 g/mol. The number of ether oxygens (including phenoxy) is 2. The molecule has 0 aliphatic carbocycles. The third kappa shape index (κ3) is 9.47. The van der Waals surface area contributed by atoms with Crippen LogP contribution in [-0.2, 0) is 16.1 Å². The smallest absolute Gasteiger partial charge is 0.223 e. The van der Waals surface area contributed by atoms with Crippen LogP contribution in [0.1, 0.15) is 52.5 Å². The number of para-hydroxylation sites is 1. The minimum Gasteiger partial charge on any atom is -0.457 e. The summed E-state index contributed by atoms with van der Waals surface area (Å²) in [5.74, 6) is 2.22. The summed E-state index contributed by atoms with van der Waals surface area (Å²) < 4.78 is 11.5. The lowest BCUT2D eigenvalue weighted by molar-refractivity contribution is -0.133. The average Bonchev–Trinajstić information content (AvgIpc) is 2.79. The summed E-state index contributed by atoms with van der Waals surface area (Å²) in [6.07, 6.45) is 2.61. The van der Waals surface area contributed by atoms with Crippen LogP contribution in [0.5, 0.6) is 11.5 Å². The number of rotatable bonds is 11. The van der Waals surface area contributed by atoms with Crippen molar-refractivity contribution in [2.75, 3.05) is 39.4 Å². The predicted molar refractivity (Wildman–Crippen MR) is 138 cm³/mol. The SMILES string of the molecule is CC(CC(=O)N(CCCN1CCOCC1)Cc1cccc(Oc2ccccc2)c1)CC(C)(C)C. The zero-order chi connectivity index (χ0) is 24.4. The van der Waals surface area contributed by atoms with Crippen molar-refractivity contribution in [3.63, 3.8) is 0 Å². The third-order valence-corrected chi connectivity index (χ3v) is 6.09. The normalized spacial score (nSPS) is 15.6. The highest BCUT2D eigenvalue weighted by molar-refractivity contribution is 5.76. The minimum atomic E-state index is 0.226. The van der Waals surface area contributed by atoms with Crippen molar-refractivity contribution >= 4 is 5.91 Å². The molecule has 1 heterocycles. The summed E-state index contributed by atoms with van der Waals surface area (Å²) in [7, 11) is 0. The molecule has 186 valence electrons. The lowest BCUT2D eigenvalue weighted by Crippen LogP contribution is -2.39. The van der Waals surface area contributed by atoms with Crippen LogP contribution in [0.15, 0.2) is 54.6 Å². The van der Waals surface area contributed by atoms with E-state index in [-0.39, 0.29) is 11.3 Å². The second kappa shape index (κ2) is 12.9. The van der Waals surface area contributed by atoms with Gasteiger partial charge in [0.1, 0.15) is 11.5 Å². The number of amides is 1. The number of morpholine rings is 1. The maximum atomic E-state index is 13.4. The molecular weight excluding hydrogens is 424 g/mol. The Morgan fingerprint density at radius 3 is 2.47 bits per heavy atom. The summed E-state index contributed by atoms with van der Waals surface area (Å²) in [6.45, 7) is 14.9. The number of hydrogen-bond donors (Lipinski definition) is 0. The first kappa shape index (κ1) is 26.2. The van der Waals surface area contributed by atoms with Crippen molar-refractivity contribution in [3.8, 4) is 11.5 Å². The quantitative estimate of drug-likeness (QED) is 0.408. The van der Waals surface area contributed by atoms with Gasteiger partial charge in [0.25, 0.3) is 0 Å². The first-order valence-corrected chi connectivity index (χ1v) is 12.7. The van der Waals surface area contributed by atoms with Crippen LogP contribution < -0.4 is 4.74 Å². The van der Waals surface area contributed by atoms with E-state index in [0.717, 1.165) is 69.3 Å². The van der Waals surface area contributed by atoms with Crippen LogP contribution in [-0.4, -0.2) is 55.1 Å². The molecule has 0 bridgehead atoms. The van der Waals surface area contributed by atoms with E-state index >= 15 is 0 Å². The van der Waals surface area contributed by atoms with Crippen LogP contribution in [0.3, 0.4) is 0 Å². The zero-order valence-electron chi connectivity index (χ0n) is 21.5. The maximum absolute atomic E-state index is 13.4. The molecule has 1 aliphatic heterocycles. The molecule has 0 saturated carbocycles. The molecule has 5 heteroatoms. The van der Waals surface area contributed by atoms with Gasteiger partial charge in [-0.1, -0.05) is 58.0 Å². The summed E-state index contributed by atoms with van der Waals surface area (Å²) in [6, 6.07) is 17.9. The van der Waals surface area contributed by atoms with E-state index in [2.05, 4.69) is 38.7 Å². The van der Waals surface area contributed by atoms with Crippen LogP contribution in [0.2, 0.25) is 0 Å². The van der Waals surface area contributed by atoms with Crippen molar-refractivity contribution in [1.82, 2.24) is 9.80 Å². The Morgan fingerprint density at radius 1 is 1.06 bits per heavy atom. The molecule has 1 aliphatic rings. The van der Waals surface area contributed by atoms with Gasteiger partial charge in [-0.3, -0.25) is 9.69 Å². The molecule has 0 spiro atoms. The number of nitrogens with zero attached hydrogens (tertiary/aromatic N) is 2. The number of carbonyl (C=O) groups excluding carboxylic acids is 1. The lowest BCUT2D eigenvalue weighted by atomic mass is 9.84. The summed E-state index contributed by atoms with van der Waals surface area (Å²) in [4.78, 5) is 17.8. The standard InChI is InChI=1S/C29H42N2O3/c1-24(22-29(2,3)4)20-28(32)31(15-9-14-30-16-18-33-19-17-30)23-25-10-8-13-27(21-25)34-26-11-6-5-7-12-26/h5-8,10-13,21,24H,9,14-20,22-23H2,1-4H3. The highest BCUT2D eigenvalue weighted by Crippen LogP contribution is 2.27. The highest BCUT2D eigenvalue weighted by atomic mass is 16.5. The average molecular weight is 467 g/mol. The summed E-state index contributed by atoms with van der Waals surface area (Å²) in [5, 5.41) is 0. The second-order valence-electron chi connectivity index (χ2n) is 10.8. The molecule has 1 amide bonds. The molecule has 0 radical (unpaired) electrons. The predicted octanol–water partition coefficient (Wildman–Crippen LogP) is 5.99. The number of carbonyl (C=O) groups is 1. The van der Waals surface area contributed by atoms with Gasteiger partial charge < -0.3 is 14.4 Å². The molecule has 0 N–H and O–H groups in total. The van der Waals surface area contributed by atoms with Gasteiger partial charge in [-0.05, 0) is 54.0 Å². The topological polar surface area (TPSA) is 42.0 Å². The van der Waals surface area contributed by atoms with Gasteiger partial charge >= 0.3 is 0 Å². The molecule has 5 nitrogen and oxygen atoms in total. The van der Waals surface area contributed by atoms with Crippen LogP contribution in [0, 0.1) is 11.3 Å². The molecule has 1 unspecified atom stereocenters. The lowest BCUT2D eigenvalue weighted by Gasteiger charge is -2.29. The summed E-state index contributed by atoms with van der Waals surface area (Å²) >= 11 is 0. The molecule has 1 saturated heterocycles. The zero-order valence-corrected chi connectivity index (χ0v) is 21.5. The number of hydrogen-bond acceptors (Lipinski definition) is 4. The van der Waals surface area contributed by atoms with Gasteiger partial charge in [0.15, 0.2) is 0 Å². The van der Waals surface area contributed by atoms with Crippen LogP contribution in [0.4, 0.5) is 0 Å². The van der Waals surface area contributed by atoms with E-state index in [4.69, 9.17) is 9.47 Å². The Balaban J connectivity index is 1.64. The van der Waals surface area contributed by atoms with Gasteiger partial charge in [-0.25, -0.2) is 0 Å². The largest absolute Gasteiger partial charge is 0.457 e. The van der Waals surface area contributed by atoms with E-state index in [9.17, 15) is 4.79 Å². The van der Waals surface area contributed by atoms with Crippen molar-refractivity contribution in [2.24, 2.45) is 11.3 Å². The van der Waals surface area contributed by atoms with Crippen molar-refractivity contribution < 1.29 is 14.3 Å². The van der Waals surface area contributed by atoms with Crippen molar-refractivity contribution in [1.29, 1.82) is 0 Å². The molecule has 1 atom stereocenters. The van der Waals surface area contributed by atoms with Gasteiger partial charge in [0, 0.05) is 39.1 Å². The molecule has 1 fully saturated rings. The van der Waals surface area contributed by atoms with E-state index in [1.54, 1.807) is 0 Å². The second-order valence-corrected chi connectivity index (χ2v) is 10.8. The fourth-order valence-corrected chi connectivity index (χ4v) is 4.70. The fraction of sp³-hybridized carbons (Fsp3) is 0.552. The molecule has 2 aromatic carbocycles. The van der Waals surface area contributed by atoms with Gasteiger partial charge in [0.05, 0.1) is 13.2 Å². The molecule has 34 heavy (non-hydrogen) atoms. The summed E-state index contributed by atoms with van der Waals surface area (Å²) in [5.41, 5.74) is 1.32. The molecule has 0 aromatic heterocycles. The Morgan fingerprint density at radius 2 is 1.76 bits per heavy atom. The van der Waals surface area contributed by atoms with E-state index in [1.807, 2.05) is 53.4 Å². The first-order valence-electron chi connectivity index (χ1n) is 12.7. The Labute approximate surface area is 206 Å². The third-order valence-electron chi connectivity index (χ3n) is 6.09. The highest BCUT2D eigenvalue weighted by Gasteiger charge is 2.22. The Hall–Kier alpha value is -2.37. The molecule has 3 rings (SSSR count). The molecular formula is C29H42N2O3. The van der Waals surface area contributed by atoms with E-state index < -0.39 is 0 Å². The van der Waals surface area contributed by atoms with Gasteiger partial charge in [-0.2, -0.15) is 0 Å². The van der Waals surface area contributed by atoms with Gasteiger partial charge in [-0.15, -0.1) is 0 Å². The molecule has 2 aromatic rings.